The van der Waals surface area contributed by atoms with E-state index in [0.29, 0.717) is 13.1 Å². The molecule has 1 N–H and O–H groups in total. The van der Waals surface area contributed by atoms with Crippen LogP contribution in [0.1, 0.15) is 34.6 Å². The van der Waals surface area contributed by atoms with Gasteiger partial charge in [0.15, 0.2) is 0 Å². The summed E-state index contributed by atoms with van der Waals surface area (Å²) in [7, 11) is -3.72. The van der Waals surface area contributed by atoms with Crippen molar-refractivity contribution in [2.45, 2.75) is 31.6 Å². The zero-order valence-corrected chi connectivity index (χ0v) is 16.1. The summed E-state index contributed by atoms with van der Waals surface area (Å²) in [6.45, 7) is 4.53. The van der Waals surface area contributed by atoms with Crippen LogP contribution in [-0.4, -0.2) is 41.7 Å². The van der Waals surface area contributed by atoms with Crippen LogP contribution in [0.4, 0.5) is 5.95 Å². The predicted molar refractivity (Wildman–Crippen MR) is 98.9 cm³/mol. The molecule has 9 heteroatoms. The molecule has 0 saturated carbocycles. The van der Waals surface area contributed by atoms with Crippen molar-refractivity contribution < 1.29 is 13.2 Å². The molecule has 1 aliphatic rings. The quantitative estimate of drug-likeness (QED) is 0.860. The molecule has 0 spiro atoms. The van der Waals surface area contributed by atoms with E-state index in [9.17, 15) is 13.2 Å². The number of aryl methyl sites for hydroxylation is 2. The maximum atomic E-state index is 12.8. The van der Waals surface area contributed by atoms with Gasteiger partial charge in [0.2, 0.25) is 16.0 Å². The standard InChI is InChI=1S/C17H19ClN4O3S/c1-11-9-12(2)20-17(19-11)21-16(23)13-5-6-14(18)15(10-13)26(24,25)22-7-3-4-8-22/h5-6,9-10H,3-4,7-8H2,1-2H3,(H,19,20,21,23). The number of halogens is 1. The number of sulfonamides is 1. The van der Waals surface area contributed by atoms with E-state index in [2.05, 4.69) is 15.3 Å². The molecule has 2 heterocycles. The molecule has 138 valence electrons. The first-order valence-electron chi connectivity index (χ1n) is 8.21. The Balaban J connectivity index is 1.90. The average Bonchev–Trinajstić information content (AvgIpc) is 3.09. The Morgan fingerprint density at radius 3 is 2.35 bits per heavy atom. The molecule has 26 heavy (non-hydrogen) atoms. The molecule has 1 amide bonds. The zero-order chi connectivity index (χ0) is 18.9. The van der Waals surface area contributed by atoms with Crippen molar-refractivity contribution in [3.05, 3.63) is 46.2 Å². The summed E-state index contributed by atoms with van der Waals surface area (Å²) in [6, 6.07) is 5.98. The van der Waals surface area contributed by atoms with Gasteiger partial charge in [-0.2, -0.15) is 4.31 Å². The van der Waals surface area contributed by atoms with Gasteiger partial charge in [0.1, 0.15) is 4.90 Å². The van der Waals surface area contributed by atoms with Crippen LogP contribution in [0.2, 0.25) is 5.02 Å². The highest BCUT2D eigenvalue weighted by Gasteiger charge is 2.29. The Kier molecular flexibility index (Phi) is 5.27. The smallest absolute Gasteiger partial charge is 0.258 e. The van der Waals surface area contributed by atoms with E-state index in [4.69, 9.17) is 11.6 Å². The molecule has 0 atom stereocenters. The second kappa shape index (κ2) is 7.30. The lowest BCUT2D eigenvalue weighted by Crippen LogP contribution is -2.28. The van der Waals surface area contributed by atoms with Crippen molar-refractivity contribution in [1.29, 1.82) is 0 Å². The summed E-state index contributed by atoms with van der Waals surface area (Å²) in [5.41, 5.74) is 1.62. The van der Waals surface area contributed by atoms with Gasteiger partial charge >= 0.3 is 0 Å². The number of carbonyl (C=O) groups is 1. The Hall–Kier alpha value is -2.03. The Bertz CT molecular complexity index is 936. The molecular weight excluding hydrogens is 376 g/mol. The molecule has 0 aliphatic carbocycles. The maximum absolute atomic E-state index is 12.8. The molecule has 2 aromatic rings. The minimum atomic E-state index is -3.72. The van der Waals surface area contributed by atoms with Gasteiger partial charge in [-0.3, -0.25) is 10.1 Å². The number of anilines is 1. The van der Waals surface area contributed by atoms with E-state index in [1.54, 1.807) is 19.9 Å². The van der Waals surface area contributed by atoms with Crippen LogP contribution in [0, 0.1) is 13.8 Å². The van der Waals surface area contributed by atoms with Crippen molar-refractivity contribution in [2.24, 2.45) is 0 Å². The van der Waals surface area contributed by atoms with Crippen LogP contribution >= 0.6 is 11.6 Å². The molecule has 0 unspecified atom stereocenters. The van der Waals surface area contributed by atoms with Crippen LogP contribution in [0.5, 0.6) is 0 Å². The number of nitrogens with one attached hydrogen (secondary N) is 1. The van der Waals surface area contributed by atoms with Gasteiger partial charge in [0.05, 0.1) is 5.02 Å². The second-order valence-corrected chi connectivity index (χ2v) is 8.50. The van der Waals surface area contributed by atoms with Crippen molar-refractivity contribution in [3.8, 4) is 0 Å². The lowest BCUT2D eigenvalue weighted by molar-refractivity contribution is 0.102. The first kappa shape index (κ1) is 18.8. The van der Waals surface area contributed by atoms with E-state index < -0.39 is 15.9 Å². The number of hydrogen-bond donors (Lipinski definition) is 1. The molecule has 1 aliphatic heterocycles. The van der Waals surface area contributed by atoms with Gasteiger partial charge in [0.25, 0.3) is 5.91 Å². The molecule has 1 fully saturated rings. The maximum Gasteiger partial charge on any atom is 0.258 e. The first-order chi connectivity index (χ1) is 12.3. The fourth-order valence-electron chi connectivity index (χ4n) is 2.87. The summed E-state index contributed by atoms with van der Waals surface area (Å²) in [6.07, 6.45) is 1.64. The summed E-state index contributed by atoms with van der Waals surface area (Å²) in [4.78, 5) is 20.8. The fourth-order valence-corrected chi connectivity index (χ4v) is 4.88. The van der Waals surface area contributed by atoms with E-state index in [1.807, 2.05) is 0 Å². The predicted octanol–water partition coefficient (Wildman–Crippen LogP) is 2.78. The lowest BCUT2D eigenvalue weighted by Gasteiger charge is -2.17. The normalized spacial score (nSPS) is 15.2. The van der Waals surface area contributed by atoms with Gasteiger partial charge in [0, 0.05) is 30.0 Å². The molecule has 7 nitrogen and oxygen atoms in total. The Morgan fingerprint density at radius 1 is 1.12 bits per heavy atom. The third-order valence-corrected chi connectivity index (χ3v) is 6.46. The van der Waals surface area contributed by atoms with Crippen LogP contribution in [0.15, 0.2) is 29.2 Å². The molecule has 1 aromatic carbocycles. The molecular formula is C17H19ClN4O3S. The first-order valence-corrected chi connectivity index (χ1v) is 10.0. The monoisotopic (exact) mass is 394 g/mol. The minimum absolute atomic E-state index is 0.0601. The van der Waals surface area contributed by atoms with E-state index in [0.717, 1.165) is 24.2 Å². The van der Waals surface area contributed by atoms with Crippen molar-refractivity contribution in [1.82, 2.24) is 14.3 Å². The Morgan fingerprint density at radius 2 is 1.73 bits per heavy atom. The van der Waals surface area contributed by atoms with Gasteiger partial charge in [-0.15, -0.1) is 0 Å². The van der Waals surface area contributed by atoms with Gasteiger partial charge in [-0.25, -0.2) is 18.4 Å². The van der Waals surface area contributed by atoms with Gasteiger partial charge in [-0.05, 0) is 51.0 Å². The number of carbonyl (C=O) groups excluding carboxylic acids is 1. The van der Waals surface area contributed by atoms with Crippen molar-refractivity contribution >= 4 is 33.5 Å². The van der Waals surface area contributed by atoms with Crippen LogP contribution in [0.3, 0.4) is 0 Å². The third kappa shape index (κ3) is 3.87. The summed E-state index contributed by atoms with van der Waals surface area (Å²) < 4.78 is 26.9. The highest BCUT2D eigenvalue weighted by atomic mass is 35.5. The average molecular weight is 395 g/mol. The Labute approximate surface area is 157 Å². The van der Waals surface area contributed by atoms with Crippen molar-refractivity contribution in [3.63, 3.8) is 0 Å². The number of hydrogen-bond acceptors (Lipinski definition) is 5. The number of nitrogens with zero attached hydrogens (tertiary/aromatic N) is 3. The zero-order valence-electron chi connectivity index (χ0n) is 14.5. The fraction of sp³-hybridized carbons (Fsp3) is 0.353. The highest BCUT2D eigenvalue weighted by Crippen LogP contribution is 2.28. The highest BCUT2D eigenvalue weighted by molar-refractivity contribution is 7.89. The second-order valence-electron chi connectivity index (χ2n) is 6.18. The summed E-state index contributed by atoms with van der Waals surface area (Å²) in [5.74, 6) is -0.323. The lowest BCUT2D eigenvalue weighted by atomic mass is 10.2. The molecule has 0 radical (unpaired) electrons. The van der Waals surface area contributed by atoms with E-state index in [-0.39, 0.29) is 21.4 Å². The molecule has 1 aromatic heterocycles. The molecule has 0 bridgehead atoms. The van der Waals surface area contributed by atoms with Crippen LogP contribution in [0.25, 0.3) is 0 Å². The van der Waals surface area contributed by atoms with Gasteiger partial charge < -0.3 is 0 Å². The van der Waals surface area contributed by atoms with Crippen LogP contribution in [-0.2, 0) is 10.0 Å². The molecule has 3 rings (SSSR count). The largest absolute Gasteiger partial charge is 0.290 e. The van der Waals surface area contributed by atoms with Crippen LogP contribution < -0.4 is 5.32 Å². The van der Waals surface area contributed by atoms with Crippen molar-refractivity contribution in [2.75, 3.05) is 18.4 Å². The third-order valence-electron chi connectivity index (χ3n) is 4.08. The van der Waals surface area contributed by atoms with E-state index in [1.165, 1.54) is 22.5 Å². The number of aromatic nitrogens is 2. The van der Waals surface area contributed by atoms with E-state index >= 15 is 0 Å². The number of benzene rings is 1. The topological polar surface area (TPSA) is 92.3 Å². The number of amides is 1. The SMILES string of the molecule is Cc1cc(C)nc(NC(=O)c2ccc(Cl)c(S(=O)(=O)N3CCCC3)c2)n1. The van der Waals surface area contributed by atoms with Gasteiger partial charge in [-0.1, -0.05) is 11.6 Å². The number of rotatable bonds is 4. The minimum Gasteiger partial charge on any atom is -0.290 e. The molecule has 1 saturated heterocycles. The summed E-state index contributed by atoms with van der Waals surface area (Å²) in [5, 5.41) is 2.69. The summed E-state index contributed by atoms with van der Waals surface area (Å²) >= 11 is 6.10.